The standard InChI is InChI=1S/C13H17N3/c1-3-12-13(16-9(2)15-12)11-6-4-10(8-14)5-7-11/h4-7H,3,8,14H2,1-2H3,(H,15,16). The summed E-state index contributed by atoms with van der Waals surface area (Å²) in [6.07, 6.45) is 0.967. The van der Waals surface area contributed by atoms with E-state index in [0.717, 1.165) is 29.1 Å². The summed E-state index contributed by atoms with van der Waals surface area (Å²) in [6.45, 7) is 4.70. The first kappa shape index (κ1) is 10.9. The van der Waals surface area contributed by atoms with Gasteiger partial charge in [-0.25, -0.2) is 4.98 Å². The molecule has 0 amide bonds. The molecule has 84 valence electrons. The quantitative estimate of drug-likeness (QED) is 0.826. The number of nitrogens with one attached hydrogen (secondary N) is 1. The van der Waals surface area contributed by atoms with Crippen molar-refractivity contribution in [2.45, 2.75) is 26.8 Å². The van der Waals surface area contributed by atoms with Gasteiger partial charge < -0.3 is 10.7 Å². The SMILES string of the molecule is CCc1[nH]c(C)nc1-c1ccc(CN)cc1. The lowest BCUT2D eigenvalue weighted by Crippen LogP contribution is -1.95. The van der Waals surface area contributed by atoms with E-state index in [-0.39, 0.29) is 0 Å². The third kappa shape index (κ3) is 1.99. The Bertz CT molecular complexity index is 468. The number of H-pyrrole nitrogens is 1. The highest BCUT2D eigenvalue weighted by Crippen LogP contribution is 2.22. The summed E-state index contributed by atoms with van der Waals surface area (Å²) < 4.78 is 0. The van der Waals surface area contributed by atoms with Crippen LogP contribution in [-0.4, -0.2) is 9.97 Å². The zero-order valence-corrected chi connectivity index (χ0v) is 9.75. The number of aromatic amines is 1. The lowest BCUT2D eigenvalue weighted by molar-refractivity contribution is 1.04. The molecule has 0 bridgehead atoms. The van der Waals surface area contributed by atoms with E-state index in [2.05, 4.69) is 41.2 Å². The third-order valence-corrected chi connectivity index (χ3v) is 2.71. The molecule has 3 nitrogen and oxygen atoms in total. The normalized spacial score (nSPS) is 10.7. The average molecular weight is 215 g/mol. The molecule has 3 N–H and O–H groups in total. The van der Waals surface area contributed by atoms with Crippen LogP contribution < -0.4 is 5.73 Å². The number of hydrogen-bond donors (Lipinski definition) is 2. The summed E-state index contributed by atoms with van der Waals surface area (Å²) in [4.78, 5) is 7.81. The van der Waals surface area contributed by atoms with Gasteiger partial charge in [-0.1, -0.05) is 31.2 Å². The molecule has 0 saturated carbocycles. The number of nitrogens with two attached hydrogens (primary N) is 1. The van der Waals surface area contributed by atoms with E-state index in [4.69, 9.17) is 5.73 Å². The molecule has 0 unspecified atom stereocenters. The molecule has 0 atom stereocenters. The summed E-state index contributed by atoms with van der Waals surface area (Å²) in [5, 5.41) is 0. The molecular weight excluding hydrogens is 198 g/mol. The van der Waals surface area contributed by atoms with E-state index in [0.29, 0.717) is 6.54 Å². The molecular formula is C13H17N3. The van der Waals surface area contributed by atoms with Crippen LogP contribution in [0.1, 0.15) is 24.0 Å². The predicted molar refractivity (Wildman–Crippen MR) is 66.0 cm³/mol. The maximum absolute atomic E-state index is 5.58. The lowest BCUT2D eigenvalue weighted by Gasteiger charge is -2.02. The molecule has 2 rings (SSSR count). The minimum atomic E-state index is 0.584. The van der Waals surface area contributed by atoms with E-state index in [1.54, 1.807) is 0 Å². The number of imidazole rings is 1. The van der Waals surface area contributed by atoms with Gasteiger partial charge in [0.1, 0.15) is 5.82 Å². The minimum Gasteiger partial charge on any atom is -0.346 e. The molecule has 0 aliphatic heterocycles. The molecule has 0 aliphatic rings. The highest BCUT2D eigenvalue weighted by Gasteiger charge is 2.08. The van der Waals surface area contributed by atoms with E-state index in [1.807, 2.05) is 6.92 Å². The van der Waals surface area contributed by atoms with Crippen molar-refractivity contribution < 1.29 is 0 Å². The van der Waals surface area contributed by atoms with E-state index >= 15 is 0 Å². The van der Waals surface area contributed by atoms with Gasteiger partial charge in [0.25, 0.3) is 0 Å². The summed E-state index contributed by atoms with van der Waals surface area (Å²) in [5.74, 6) is 0.967. The van der Waals surface area contributed by atoms with Crippen molar-refractivity contribution in [3.05, 3.63) is 41.3 Å². The van der Waals surface area contributed by atoms with Gasteiger partial charge in [0, 0.05) is 17.8 Å². The molecule has 16 heavy (non-hydrogen) atoms. The zero-order chi connectivity index (χ0) is 11.5. The van der Waals surface area contributed by atoms with Crippen LogP contribution in [0.5, 0.6) is 0 Å². The second kappa shape index (κ2) is 4.49. The van der Waals surface area contributed by atoms with Crippen LogP contribution in [0.2, 0.25) is 0 Å². The van der Waals surface area contributed by atoms with Crippen LogP contribution in [-0.2, 0) is 13.0 Å². The van der Waals surface area contributed by atoms with Crippen LogP contribution in [0.3, 0.4) is 0 Å². The first-order valence-corrected chi connectivity index (χ1v) is 5.59. The first-order chi connectivity index (χ1) is 7.74. The molecule has 3 heteroatoms. The van der Waals surface area contributed by atoms with Gasteiger partial charge in [-0.3, -0.25) is 0 Å². The Morgan fingerprint density at radius 2 is 1.94 bits per heavy atom. The average Bonchev–Trinajstić information content (AvgIpc) is 2.70. The second-order valence-corrected chi connectivity index (χ2v) is 3.90. The van der Waals surface area contributed by atoms with Crippen molar-refractivity contribution in [3.63, 3.8) is 0 Å². The van der Waals surface area contributed by atoms with Gasteiger partial charge >= 0.3 is 0 Å². The highest BCUT2D eigenvalue weighted by molar-refractivity contribution is 5.62. The summed E-state index contributed by atoms with van der Waals surface area (Å²) >= 11 is 0. The Balaban J connectivity index is 2.41. The first-order valence-electron chi connectivity index (χ1n) is 5.59. The topological polar surface area (TPSA) is 54.7 Å². The van der Waals surface area contributed by atoms with Gasteiger partial charge in [0.2, 0.25) is 0 Å². The molecule has 0 spiro atoms. The summed E-state index contributed by atoms with van der Waals surface area (Å²) in [6, 6.07) is 8.27. The Kier molecular flexibility index (Phi) is 3.06. The number of rotatable bonds is 3. The maximum atomic E-state index is 5.58. The molecule has 1 heterocycles. The molecule has 1 aromatic carbocycles. The van der Waals surface area contributed by atoms with Gasteiger partial charge in [-0.05, 0) is 18.9 Å². The van der Waals surface area contributed by atoms with Crippen molar-refractivity contribution in [3.8, 4) is 11.3 Å². The van der Waals surface area contributed by atoms with E-state index in [9.17, 15) is 0 Å². The second-order valence-electron chi connectivity index (χ2n) is 3.90. The highest BCUT2D eigenvalue weighted by atomic mass is 14.9. The van der Waals surface area contributed by atoms with Crippen molar-refractivity contribution in [1.29, 1.82) is 0 Å². The number of aryl methyl sites for hydroxylation is 2. The van der Waals surface area contributed by atoms with Crippen molar-refractivity contribution in [2.24, 2.45) is 5.73 Å². The molecule has 0 saturated heterocycles. The van der Waals surface area contributed by atoms with Crippen molar-refractivity contribution in [2.75, 3.05) is 0 Å². The van der Waals surface area contributed by atoms with Gasteiger partial charge in [-0.2, -0.15) is 0 Å². The van der Waals surface area contributed by atoms with Crippen LogP contribution in [0.15, 0.2) is 24.3 Å². The molecule has 0 aliphatic carbocycles. The Hall–Kier alpha value is -1.61. The maximum Gasteiger partial charge on any atom is 0.103 e. The van der Waals surface area contributed by atoms with Crippen molar-refractivity contribution >= 4 is 0 Å². The molecule has 2 aromatic rings. The largest absolute Gasteiger partial charge is 0.346 e. The Morgan fingerprint density at radius 3 is 2.50 bits per heavy atom. The summed E-state index contributed by atoms with van der Waals surface area (Å²) in [7, 11) is 0. The number of nitrogens with zero attached hydrogens (tertiary/aromatic N) is 1. The van der Waals surface area contributed by atoms with Crippen LogP contribution in [0.4, 0.5) is 0 Å². The van der Waals surface area contributed by atoms with E-state index in [1.165, 1.54) is 5.69 Å². The summed E-state index contributed by atoms with van der Waals surface area (Å²) in [5.41, 5.74) is 10.1. The number of hydrogen-bond acceptors (Lipinski definition) is 2. The predicted octanol–water partition coefficient (Wildman–Crippen LogP) is 2.41. The number of benzene rings is 1. The van der Waals surface area contributed by atoms with Crippen LogP contribution in [0, 0.1) is 6.92 Å². The zero-order valence-electron chi connectivity index (χ0n) is 9.75. The molecule has 0 fully saturated rings. The van der Waals surface area contributed by atoms with Gasteiger partial charge in [0.15, 0.2) is 0 Å². The lowest BCUT2D eigenvalue weighted by atomic mass is 10.1. The Morgan fingerprint density at radius 1 is 1.25 bits per heavy atom. The van der Waals surface area contributed by atoms with Crippen LogP contribution in [0.25, 0.3) is 11.3 Å². The van der Waals surface area contributed by atoms with E-state index < -0.39 is 0 Å². The van der Waals surface area contributed by atoms with Crippen LogP contribution >= 0.6 is 0 Å². The molecule has 0 radical (unpaired) electrons. The fraction of sp³-hybridized carbons (Fsp3) is 0.308. The smallest absolute Gasteiger partial charge is 0.103 e. The minimum absolute atomic E-state index is 0.584. The van der Waals surface area contributed by atoms with Crippen molar-refractivity contribution in [1.82, 2.24) is 9.97 Å². The van der Waals surface area contributed by atoms with Gasteiger partial charge in [-0.15, -0.1) is 0 Å². The monoisotopic (exact) mass is 215 g/mol. The molecule has 1 aromatic heterocycles. The fourth-order valence-corrected chi connectivity index (χ4v) is 1.83. The Labute approximate surface area is 95.7 Å². The fourth-order valence-electron chi connectivity index (χ4n) is 1.83. The third-order valence-electron chi connectivity index (χ3n) is 2.71. The van der Waals surface area contributed by atoms with Gasteiger partial charge in [0.05, 0.1) is 5.69 Å². The number of aromatic nitrogens is 2.